The molecule has 0 aliphatic heterocycles. The van der Waals surface area contributed by atoms with E-state index in [1.165, 1.54) is 29.4 Å². The molecule has 5 heteroatoms. The number of aromatic nitrogens is 2. The molecule has 3 rings (SSSR count). The van der Waals surface area contributed by atoms with Gasteiger partial charge >= 0.3 is 0 Å². The first-order valence-corrected chi connectivity index (χ1v) is 8.71. The highest BCUT2D eigenvalue weighted by Gasteiger charge is 2.53. The molecule has 2 atom stereocenters. The summed E-state index contributed by atoms with van der Waals surface area (Å²) in [6, 6.07) is 0. The van der Waals surface area contributed by atoms with Crippen molar-refractivity contribution in [1.82, 2.24) is 15.1 Å². The van der Waals surface area contributed by atoms with E-state index in [2.05, 4.69) is 45.0 Å². The molecule has 1 aromatic rings. The number of ether oxygens (including phenoxy) is 1. The number of halogens is 1. The molecule has 21 heavy (non-hydrogen) atoms. The molecule has 0 amide bonds. The Labute approximate surface area is 135 Å². The first-order valence-electron chi connectivity index (χ1n) is 7.92. The Morgan fingerprint density at radius 3 is 2.71 bits per heavy atom. The molecule has 1 heterocycles. The molecule has 4 nitrogen and oxygen atoms in total. The molecule has 0 bridgehead atoms. The number of aryl methyl sites for hydroxylation is 2. The third kappa shape index (κ3) is 3.20. The van der Waals surface area contributed by atoms with Gasteiger partial charge in [-0.25, -0.2) is 0 Å². The molecule has 0 radical (unpaired) electrons. The summed E-state index contributed by atoms with van der Waals surface area (Å²) in [4.78, 5) is 0. The lowest BCUT2D eigenvalue weighted by Gasteiger charge is -2.31. The van der Waals surface area contributed by atoms with Crippen LogP contribution in [0, 0.1) is 24.2 Å². The van der Waals surface area contributed by atoms with Gasteiger partial charge in [0.05, 0.1) is 22.5 Å². The predicted octanol–water partition coefficient (Wildman–Crippen LogP) is 2.69. The molecule has 2 saturated carbocycles. The molecule has 2 aliphatic carbocycles. The van der Waals surface area contributed by atoms with Crippen LogP contribution in [0.4, 0.5) is 0 Å². The van der Waals surface area contributed by atoms with Gasteiger partial charge in [-0.3, -0.25) is 4.68 Å². The number of rotatable bonds is 7. The van der Waals surface area contributed by atoms with Gasteiger partial charge in [-0.2, -0.15) is 5.10 Å². The zero-order chi connectivity index (χ0) is 15.0. The van der Waals surface area contributed by atoms with E-state index in [1.54, 1.807) is 7.11 Å². The number of methoxy groups -OCH3 is 1. The van der Waals surface area contributed by atoms with Gasteiger partial charge in [-0.1, -0.05) is 0 Å². The zero-order valence-corrected chi connectivity index (χ0v) is 14.9. The van der Waals surface area contributed by atoms with Crippen LogP contribution in [-0.2, 0) is 18.2 Å². The first kappa shape index (κ1) is 15.5. The van der Waals surface area contributed by atoms with Crippen molar-refractivity contribution >= 4 is 15.9 Å². The minimum atomic E-state index is 0.407. The van der Waals surface area contributed by atoms with Crippen LogP contribution in [0.5, 0.6) is 0 Å². The highest BCUT2D eigenvalue weighted by atomic mass is 79.9. The Hall–Kier alpha value is -0.390. The van der Waals surface area contributed by atoms with E-state index in [4.69, 9.17) is 4.74 Å². The third-order valence-corrected chi connectivity index (χ3v) is 6.28. The lowest BCUT2D eigenvalue weighted by molar-refractivity contribution is 0.185. The van der Waals surface area contributed by atoms with Crippen LogP contribution < -0.4 is 5.32 Å². The van der Waals surface area contributed by atoms with Crippen LogP contribution in [0.15, 0.2) is 4.47 Å². The van der Waals surface area contributed by atoms with E-state index in [0.29, 0.717) is 5.41 Å². The van der Waals surface area contributed by atoms with Crippen LogP contribution in [0.25, 0.3) is 0 Å². The fraction of sp³-hybridized carbons (Fsp3) is 0.812. The van der Waals surface area contributed by atoms with E-state index in [9.17, 15) is 0 Å². The molecule has 0 aromatic carbocycles. The normalized spacial score (nSPS) is 30.7. The van der Waals surface area contributed by atoms with Gasteiger partial charge in [0.2, 0.25) is 0 Å². The van der Waals surface area contributed by atoms with Gasteiger partial charge in [-0.05, 0) is 65.8 Å². The maximum absolute atomic E-state index is 5.15. The first-order chi connectivity index (χ1) is 10.0. The Balaban J connectivity index is 1.70. The van der Waals surface area contributed by atoms with Gasteiger partial charge in [-0.15, -0.1) is 0 Å². The van der Waals surface area contributed by atoms with Crippen LogP contribution in [-0.4, -0.2) is 36.6 Å². The Morgan fingerprint density at radius 2 is 2.14 bits per heavy atom. The average Bonchev–Trinajstić information content (AvgIpc) is 3.00. The van der Waals surface area contributed by atoms with Crippen molar-refractivity contribution < 1.29 is 4.74 Å². The summed E-state index contributed by atoms with van der Waals surface area (Å²) in [5.74, 6) is 1.98. The summed E-state index contributed by atoms with van der Waals surface area (Å²) in [6.45, 7) is 4.90. The van der Waals surface area contributed by atoms with Gasteiger partial charge < -0.3 is 10.1 Å². The Bertz CT molecular complexity index is 504. The number of hydrogen-bond donors (Lipinski definition) is 1. The van der Waals surface area contributed by atoms with Gasteiger partial charge in [0.15, 0.2) is 0 Å². The molecule has 2 aliphatic rings. The summed E-state index contributed by atoms with van der Waals surface area (Å²) >= 11 is 3.73. The summed E-state index contributed by atoms with van der Waals surface area (Å²) in [6.07, 6.45) is 5.33. The topological polar surface area (TPSA) is 39.1 Å². The van der Waals surface area contributed by atoms with Crippen LogP contribution in [0.2, 0.25) is 0 Å². The van der Waals surface area contributed by atoms with Crippen LogP contribution >= 0.6 is 15.9 Å². The molecule has 1 aromatic heterocycles. The third-order valence-electron chi connectivity index (χ3n) is 5.25. The minimum Gasteiger partial charge on any atom is -0.383 e. The smallest absolute Gasteiger partial charge is 0.0738 e. The predicted molar refractivity (Wildman–Crippen MR) is 87.4 cm³/mol. The number of hydrogen-bond acceptors (Lipinski definition) is 3. The Kier molecular flexibility index (Phi) is 4.44. The molecule has 0 spiro atoms. The Morgan fingerprint density at radius 1 is 1.43 bits per heavy atom. The van der Waals surface area contributed by atoms with E-state index in [0.717, 1.165) is 43.6 Å². The average molecular weight is 356 g/mol. The molecule has 118 valence electrons. The van der Waals surface area contributed by atoms with E-state index in [-0.39, 0.29) is 0 Å². The standard InChI is InChI=1S/C16H26BrN3O/c1-11-15(17)14(20(2)19-11)9-16(10-18-4-5-21-3)7-12-6-13(12)8-16/h12-13,18H,4-10H2,1-3H3. The molecule has 0 saturated heterocycles. The maximum Gasteiger partial charge on any atom is 0.0738 e. The fourth-order valence-corrected chi connectivity index (χ4v) is 4.59. The lowest BCUT2D eigenvalue weighted by Crippen LogP contribution is -2.37. The van der Waals surface area contributed by atoms with Crippen molar-refractivity contribution in [2.45, 2.75) is 32.6 Å². The molecular weight excluding hydrogens is 330 g/mol. The number of nitrogens with one attached hydrogen (secondary N) is 1. The molecule has 1 N–H and O–H groups in total. The second-order valence-corrected chi connectivity index (χ2v) is 7.77. The lowest BCUT2D eigenvalue weighted by atomic mass is 9.78. The van der Waals surface area contributed by atoms with Crippen molar-refractivity contribution in [3.63, 3.8) is 0 Å². The van der Waals surface area contributed by atoms with Crippen molar-refractivity contribution in [2.24, 2.45) is 24.3 Å². The largest absolute Gasteiger partial charge is 0.383 e. The second-order valence-electron chi connectivity index (χ2n) is 6.98. The summed E-state index contributed by atoms with van der Waals surface area (Å²) in [5.41, 5.74) is 2.85. The highest BCUT2D eigenvalue weighted by molar-refractivity contribution is 9.10. The minimum absolute atomic E-state index is 0.407. The highest BCUT2D eigenvalue weighted by Crippen LogP contribution is 2.60. The van der Waals surface area contributed by atoms with Crippen molar-refractivity contribution in [1.29, 1.82) is 0 Å². The monoisotopic (exact) mass is 355 g/mol. The van der Waals surface area contributed by atoms with Crippen molar-refractivity contribution in [2.75, 3.05) is 26.8 Å². The van der Waals surface area contributed by atoms with Gasteiger partial charge in [0.1, 0.15) is 0 Å². The van der Waals surface area contributed by atoms with Gasteiger partial charge in [0, 0.05) is 27.2 Å². The SMILES string of the molecule is COCCNCC1(Cc2c(Br)c(C)nn2C)CC2CC2C1. The maximum atomic E-state index is 5.15. The molecule has 2 unspecified atom stereocenters. The summed E-state index contributed by atoms with van der Waals surface area (Å²) in [7, 11) is 3.83. The quantitative estimate of drug-likeness (QED) is 0.764. The number of fused-ring (bicyclic) bond motifs is 1. The fourth-order valence-electron chi connectivity index (χ4n) is 4.11. The van der Waals surface area contributed by atoms with Crippen molar-refractivity contribution in [3.05, 3.63) is 15.9 Å². The van der Waals surface area contributed by atoms with Crippen LogP contribution in [0.1, 0.15) is 30.7 Å². The summed E-state index contributed by atoms with van der Waals surface area (Å²) < 4.78 is 8.40. The zero-order valence-electron chi connectivity index (χ0n) is 13.3. The van der Waals surface area contributed by atoms with Crippen LogP contribution in [0.3, 0.4) is 0 Å². The van der Waals surface area contributed by atoms with Crippen molar-refractivity contribution in [3.8, 4) is 0 Å². The summed E-state index contributed by atoms with van der Waals surface area (Å²) in [5, 5.41) is 8.16. The molecular formula is C16H26BrN3O. The number of nitrogens with zero attached hydrogens (tertiary/aromatic N) is 2. The van der Waals surface area contributed by atoms with E-state index < -0.39 is 0 Å². The van der Waals surface area contributed by atoms with E-state index in [1.807, 2.05) is 0 Å². The molecule has 2 fully saturated rings. The second kappa shape index (κ2) is 6.01. The van der Waals surface area contributed by atoms with Gasteiger partial charge in [0.25, 0.3) is 0 Å². The van der Waals surface area contributed by atoms with E-state index >= 15 is 0 Å².